The van der Waals surface area contributed by atoms with Gasteiger partial charge in [0.15, 0.2) is 0 Å². The summed E-state index contributed by atoms with van der Waals surface area (Å²) in [6, 6.07) is 25.6. The number of nitrogens with zero attached hydrogens (tertiary/aromatic N) is 1. The highest BCUT2D eigenvalue weighted by Gasteiger charge is 2.06. The standard InChI is InChI=1S/C25H27NO4/c1-28-26-25(22-7-3-2-4-8-22)19-30-24-15-11-21(12-16-24)18-29-23-13-9-20(10-14-23)6-5-17-27/h2-4,7-16,27H,5-6,17-19H2,1H3. The van der Waals surface area contributed by atoms with Crippen molar-refractivity contribution in [3.8, 4) is 11.5 Å². The van der Waals surface area contributed by atoms with Crippen molar-refractivity contribution >= 4 is 5.71 Å². The van der Waals surface area contributed by atoms with Gasteiger partial charge in [-0.2, -0.15) is 0 Å². The minimum Gasteiger partial charge on any atom is -0.489 e. The van der Waals surface area contributed by atoms with E-state index in [1.165, 1.54) is 12.7 Å². The highest BCUT2D eigenvalue weighted by atomic mass is 16.6. The topological polar surface area (TPSA) is 60.3 Å². The Morgan fingerprint density at radius 3 is 2.07 bits per heavy atom. The van der Waals surface area contributed by atoms with E-state index in [1.54, 1.807) is 0 Å². The van der Waals surface area contributed by atoms with Crippen molar-refractivity contribution in [2.45, 2.75) is 19.4 Å². The summed E-state index contributed by atoms with van der Waals surface area (Å²) in [6.45, 7) is 1.01. The lowest BCUT2D eigenvalue weighted by Crippen LogP contribution is -2.13. The normalized spacial score (nSPS) is 11.2. The molecule has 0 unspecified atom stereocenters. The fraction of sp³-hybridized carbons (Fsp3) is 0.240. The second kappa shape index (κ2) is 11.6. The number of aliphatic hydroxyl groups is 1. The molecule has 0 spiro atoms. The van der Waals surface area contributed by atoms with Crippen LogP contribution in [0.4, 0.5) is 0 Å². The highest BCUT2D eigenvalue weighted by Crippen LogP contribution is 2.17. The fourth-order valence-electron chi connectivity index (χ4n) is 2.94. The summed E-state index contributed by atoms with van der Waals surface area (Å²) >= 11 is 0. The average Bonchev–Trinajstić information content (AvgIpc) is 2.81. The lowest BCUT2D eigenvalue weighted by Gasteiger charge is -2.10. The van der Waals surface area contributed by atoms with E-state index in [0.717, 1.165) is 41.2 Å². The van der Waals surface area contributed by atoms with Gasteiger partial charge in [0.25, 0.3) is 0 Å². The summed E-state index contributed by atoms with van der Waals surface area (Å²) in [7, 11) is 1.53. The Hall–Kier alpha value is -3.31. The first-order valence-corrected chi connectivity index (χ1v) is 9.98. The second-order valence-corrected chi connectivity index (χ2v) is 6.78. The minimum absolute atomic E-state index is 0.213. The first kappa shape index (κ1) is 21.4. The maximum atomic E-state index is 8.90. The highest BCUT2D eigenvalue weighted by molar-refractivity contribution is 6.01. The van der Waals surface area contributed by atoms with Crippen LogP contribution >= 0.6 is 0 Å². The summed E-state index contributed by atoms with van der Waals surface area (Å²) in [4.78, 5) is 4.95. The van der Waals surface area contributed by atoms with Gasteiger partial charge in [0.2, 0.25) is 0 Å². The van der Waals surface area contributed by atoms with Gasteiger partial charge in [0, 0.05) is 12.2 Å². The van der Waals surface area contributed by atoms with E-state index >= 15 is 0 Å². The fourth-order valence-corrected chi connectivity index (χ4v) is 2.94. The molecule has 0 amide bonds. The van der Waals surface area contributed by atoms with Gasteiger partial charge in [-0.1, -0.05) is 59.8 Å². The van der Waals surface area contributed by atoms with Gasteiger partial charge in [-0.3, -0.25) is 0 Å². The third-order valence-electron chi connectivity index (χ3n) is 4.56. The Kier molecular flexibility index (Phi) is 8.30. The molecular weight excluding hydrogens is 378 g/mol. The molecule has 3 rings (SSSR count). The maximum absolute atomic E-state index is 8.90. The molecule has 1 N–H and O–H groups in total. The van der Waals surface area contributed by atoms with Crippen LogP contribution in [0.3, 0.4) is 0 Å². The first-order valence-electron chi connectivity index (χ1n) is 9.98. The molecule has 0 radical (unpaired) electrons. The van der Waals surface area contributed by atoms with Crippen LogP contribution in [0.25, 0.3) is 0 Å². The van der Waals surface area contributed by atoms with E-state index in [0.29, 0.717) is 13.2 Å². The molecule has 0 fully saturated rings. The van der Waals surface area contributed by atoms with Gasteiger partial charge in [-0.05, 0) is 48.2 Å². The zero-order chi connectivity index (χ0) is 21.0. The monoisotopic (exact) mass is 405 g/mol. The molecular formula is C25H27NO4. The molecule has 3 aromatic carbocycles. The predicted molar refractivity (Wildman–Crippen MR) is 118 cm³/mol. The summed E-state index contributed by atoms with van der Waals surface area (Å²) in [5.74, 6) is 1.58. The van der Waals surface area contributed by atoms with Gasteiger partial charge < -0.3 is 19.4 Å². The number of hydrogen-bond acceptors (Lipinski definition) is 5. The van der Waals surface area contributed by atoms with E-state index in [9.17, 15) is 0 Å². The number of ether oxygens (including phenoxy) is 2. The maximum Gasteiger partial charge on any atom is 0.134 e. The molecule has 3 aromatic rings. The van der Waals surface area contributed by atoms with Crippen LogP contribution in [-0.4, -0.2) is 31.1 Å². The summed E-state index contributed by atoms with van der Waals surface area (Å²) in [5.41, 5.74) is 3.95. The van der Waals surface area contributed by atoms with Crippen molar-refractivity contribution in [2.24, 2.45) is 5.16 Å². The zero-order valence-electron chi connectivity index (χ0n) is 17.2. The molecule has 5 heteroatoms. The van der Waals surface area contributed by atoms with E-state index in [-0.39, 0.29) is 6.61 Å². The average molecular weight is 405 g/mol. The van der Waals surface area contributed by atoms with Crippen LogP contribution in [0.2, 0.25) is 0 Å². The molecule has 0 saturated heterocycles. The van der Waals surface area contributed by atoms with Crippen LogP contribution < -0.4 is 9.47 Å². The summed E-state index contributed by atoms with van der Waals surface area (Å²) in [5, 5.41) is 13.0. The van der Waals surface area contributed by atoms with Crippen molar-refractivity contribution in [3.05, 3.63) is 95.6 Å². The Balaban J connectivity index is 1.50. The Bertz CT molecular complexity index is 906. The van der Waals surface area contributed by atoms with Crippen LogP contribution in [0.5, 0.6) is 11.5 Å². The van der Waals surface area contributed by atoms with Crippen LogP contribution in [0.1, 0.15) is 23.1 Å². The number of hydrogen-bond donors (Lipinski definition) is 1. The molecule has 5 nitrogen and oxygen atoms in total. The summed E-state index contributed by atoms with van der Waals surface area (Å²) in [6.07, 6.45) is 1.65. The van der Waals surface area contributed by atoms with Crippen LogP contribution in [0, 0.1) is 0 Å². The third-order valence-corrected chi connectivity index (χ3v) is 4.56. The molecule has 0 aliphatic rings. The molecule has 0 atom stereocenters. The molecule has 0 heterocycles. The largest absolute Gasteiger partial charge is 0.489 e. The smallest absolute Gasteiger partial charge is 0.134 e. The number of rotatable bonds is 11. The number of aliphatic hydroxyl groups excluding tert-OH is 1. The van der Waals surface area contributed by atoms with Crippen LogP contribution in [0.15, 0.2) is 84.0 Å². The van der Waals surface area contributed by atoms with Crippen molar-refractivity contribution < 1.29 is 19.4 Å². The van der Waals surface area contributed by atoms with Crippen molar-refractivity contribution in [3.63, 3.8) is 0 Å². The lowest BCUT2D eigenvalue weighted by atomic mass is 10.1. The van der Waals surface area contributed by atoms with Gasteiger partial charge in [0.05, 0.1) is 0 Å². The SMILES string of the molecule is CON=C(COc1ccc(COc2ccc(CCCO)cc2)cc1)c1ccccc1. The second-order valence-electron chi connectivity index (χ2n) is 6.78. The number of oxime groups is 1. The first-order chi connectivity index (χ1) is 14.8. The van der Waals surface area contributed by atoms with E-state index < -0.39 is 0 Å². The van der Waals surface area contributed by atoms with Crippen molar-refractivity contribution in [1.29, 1.82) is 0 Å². The molecule has 0 bridgehead atoms. The molecule has 0 saturated carbocycles. The molecule has 156 valence electrons. The van der Waals surface area contributed by atoms with Crippen molar-refractivity contribution in [1.82, 2.24) is 0 Å². The van der Waals surface area contributed by atoms with Crippen LogP contribution in [-0.2, 0) is 17.9 Å². The van der Waals surface area contributed by atoms with Crippen molar-refractivity contribution in [2.75, 3.05) is 20.3 Å². The van der Waals surface area contributed by atoms with Gasteiger partial charge >= 0.3 is 0 Å². The molecule has 0 aliphatic heterocycles. The summed E-state index contributed by atoms with van der Waals surface area (Å²) < 4.78 is 11.7. The van der Waals surface area contributed by atoms with Gasteiger partial charge in [-0.15, -0.1) is 0 Å². The quantitative estimate of drug-likeness (QED) is 0.374. The Morgan fingerprint density at radius 2 is 1.43 bits per heavy atom. The third kappa shape index (κ3) is 6.64. The minimum atomic E-state index is 0.213. The molecule has 0 aliphatic carbocycles. The molecule has 30 heavy (non-hydrogen) atoms. The van der Waals surface area contributed by atoms with Gasteiger partial charge in [0.1, 0.15) is 37.5 Å². The molecule has 0 aromatic heterocycles. The Labute approximate surface area is 177 Å². The zero-order valence-corrected chi connectivity index (χ0v) is 17.2. The van der Waals surface area contributed by atoms with E-state index in [4.69, 9.17) is 19.4 Å². The van der Waals surface area contributed by atoms with Gasteiger partial charge in [-0.25, -0.2) is 0 Å². The van der Waals surface area contributed by atoms with E-state index in [1.807, 2.05) is 78.9 Å². The predicted octanol–water partition coefficient (Wildman–Crippen LogP) is 4.62. The Morgan fingerprint density at radius 1 is 0.800 bits per heavy atom. The lowest BCUT2D eigenvalue weighted by molar-refractivity contribution is 0.210. The van der Waals surface area contributed by atoms with E-state index in [2.05, 4.69) is 5.16 Å². The number of benzene rings is 3. The number of aryl methyl sites for hydroxylation is 1.